The quantitative estimate of drug-likeness (QED) is 0.193. The Morgan fingerprint density at radius 1 is 0.733 bits per heavy atom. The molecule has 0 aliphatic heterocycles. The van der Waals surface area contributed by atoms with Gasteiger partial charge in [0.05, 0.1) is 11.1 Å². The van der Waals surface area contributed by atoms with Crippen molar-refractivity contribution in [3.8, 4) is 11.1 Å². The molecular formula is C44H39N. The standard InChI is InChI=1S/C44H39N/c1-29-23-25-34(44(5,33-18-10-7-11-19-33)42(45)31-16-8-6-9-17-31)28-38(29)41-30(2)15-14-21-35(41)32-24-26-37-36-20-12-13-22-39(36)43(3,4)40(37)27-32/h6-28,41,45H,2H2,1,3-5H3. The molecule has 2 atom stereocenters. The number of hydrogen-bond acceptors (Lipinski definition) is 1. The summed E-state index contributed by atoms with van der Waals surface area (Å²) in [4.78, 5) is 0. The Kier molecular flexibility index (Phi) is 6.94. The normalized spacial score (nSPS) is 17.6. The molecule has 0 radical (unpaired) electrons. The van der Waals surface area contributed by atoms with Gasteiger partial charge in [-0.1, -0.05) is 154 Å². The lowest BCUT2D eigenvalue weighted by molar-refractivity contribution is 0.660. The van der Waals surface area contributed by atoms with Crippen LogP contribution in [0.25, 0.3) is 16.7 Å². The van der Waals surface area contributed by atoms with Crippen molar-refractivity contribution in [1.29, 1.82) is 5.41 Å². The van der Waals surface area contributed by atoms with Gasteiger partial charge in [0.15, 0.2) is 0 Å². The number of rotatable bonds is 6. The Hall–Kier alpha value is -5.01. The summed E-state index contributed by atoms with van der Waals surface area (Å²) in [6.45, 7) is 13.7. The summed E-state index contributed by atoms with van der Waals surface area (Å²) in [5.41, 5.74) is 14.5. The zero-order valence-corrected chi connectivity index (χ0v) is 26.6. The van der Waals surface area contributed by atoms with Crippen molar-refractivity contribution in [3.63, 3.8) is 0 Å². The van der Waals surface area contributed by atoms with Gasteiger partial charge in [0, 0.05) is 11.3 Å². The molecular weight excluding hydrogens is 542 g/mol. The Morgan fingerprint density at radius 3 is 2.16 bits per heavy atom. The molecule has 1 N–H and O–H groups in total. The van der Waals surface area contributed by atoms with Gasteiger partial charge < -0.3 is 5.41 Å². The lowest BCUT2D eigenvalue weighted by atomic mass is 9.68. The maximum Gasteiger partial charge on any atom is 0.0594 e. The molecule has 2 unspecified atom stereocenters. The minimum atomic E-state index is -0.649. The molecule has 2 aliphatic rings. The molecule has 0 bridgehead atoms. The first-order valence-corrected chi connectivity index (χ1v) is 15.8. The van der Waals surface area contributed by atoms with E-state index < -0.39 is 5.41 Å². The van der Waals surface area contributed by atoms with Gasteiger partial charge in [0.2, 0.25) is 0 Å². The minimum absolute atomic E-state index is 0.00539. The van der Waals surface area contributed by atoms with Gasteiger partial charge in [0.25, 0.3) is 0 Å². The predicted molar refractivity (Wildman–Crippen MR) is 190 cm³/mol. The fraction of sp³-hybridized carbons (Fsp3) is 0.159. The van der Waals surface area contributed by atoms with Crippen LogP contribution in [0.3, 0.4) is 0 Å². The van der Waals surface area contributed by atoms with Crippen LogP contribution in [0, 0.1) is 12.3 Å². The van der Waals surface area contributed by atoms with Gasteiger partial charge in [-0.05, 0) is 86.7 Å². The predicted octanol–water partition coefficient (Wildman–Crippen LogP) is 11.0. The molecule has 1 nitrogen and oxygen atoms in total. The van der Waals surface area contributed by atoms with E-state index in [1.165, 1.54) is 44.5 Å². The van der Waals surface area contributed by atoms with Crippen LogP contribution in [0.4, 0.5) is 0 Å². The van der Waals surface area contributed by atoms with Gasteiger partial charge >= 0.3 is 0 Å². The van der Waals surface area contributed by atoms with Crippen LogP contribution < -0.4 is 0 Å². The highest BCUT2D eigenvalue weighted by molar-refractivity contribution is 6.08. The first kappa shape index (κ1) is 28.7. The number of nitrogens with one attached hydrogen (secondary N) is 1. The van der Waals surface area contributed by atoms with E-state index in [1.807, 2.05) is 36.4 Å². The van der Waals surface area contributed by atoms with Crippen molar-refractivity contribution in [2.75, 3.05) is 0 Å². The van der Waals surface area contributed by atoms with E-state index in [0.717, 1.165) is 22.3 Å². The number of aryl methyl sites for hydroxylation is 1. The maximum atomic E-state index is 9.56. The average Bonchev–Trinajstić information content (AvgIpc) is 3.31. The number of allylic oxidation sites excluding steroid dienone is 5. The highest BCUT2D eigenvalue weighted by Crippen LogP contribution is 2.51. The summed E-state index contributed by atoms with van der Waals surface area (Å²) in [7, 11) is 0. The SMILES string of the molecule is C=C1C=CC=C(c2ccc3c(c2)C(C)(C)c2ccccc2-3)C1c1cc(C(C)(C(=N)c2ccccc2)c2ccccc2)ccc1C. The second-order valence-corrected chi connectivity index (χ2v) is 13.2. The molecule has 0 fully saturated rings. The first-order valence-electron chi connectivity index (χ1n) is 15.8. The number of hydrogen-bond donors (Lipinski definition) is 1. The summed E-state index contributed by atoms with van der Waals surface area (Å²) >= 11 is 0. The van der Waals surface area contributed by atoms with E-state index >= 15 is 0 Å². The molecule has 0 saturated heterocycles. The molecule has 0 saturated carbocycles. The zero-order valence-electron chi connectivity index (χ0n) is 26.6. The van der Waals surface area contributed by atoms with Crippen LogP contribution >= 0.6 is 0 Å². The van der Waals surface area contributed by atoms with Crippen LogP contribution in [0.5, 0.6) is 0 Å². The summed E-state index contributed by atoms with van der Waals surface area (Å²) in [5, 5.41) is 9.56. The molecule has 5 aromatic carbocycles. The topological polar surface area (TPSA) is 23.9 Å². The van der Waals surface area contributed by atoms with Crippen LogP contribution in [0.15, 0.2) is 152 Å². The third kappa shape index (κ3) is 4.57. The van der Waals surface area contributed by atoms with Crippen LogP contribution in [-0.4, -0.2) is 5.71 Å². The van der Waals surface area contributed by atoms with Crippen molar-refractivity contribution < 1.29 is 0 Å². The van der Waals surface area contributed by atoms with Gasteiger partial charge in [-0.2, -0.15) is 0 Å². The van der Waals surface area contributed by atoms with Crippen molar-refractivity contribution in [2.45, 2.75) is 44.4 Å². The fourth-order valence-corrected chi connectivity index (χ4v) is 7.56. The summed E-state index contributed by atoms with van der Waals surface area (Å²) in [6.07, 6.45) is 6.56. The molecule has 45 heavy (non-hydrogen) atoms. The van der Waals surface area contributed by atoms with Crippen LogP contribution in [-0.2, 0) is 10.8 Å². The number of fused-ring (bicyclic) bond motifs is 3. The van der Waals surface area contributed by atoms with Gasteiger partial charge in [-0.25, -0.2) is 0 Å². The molecule has 2 aliphatic carbocycles. The Morgan fingerprint density at radius 2 is 1.40 bits per heavy atom. The van der Waals surface area contributed by atoms with E-state index in [9.17, 15) is 5.41 Å². The van der Waals surface area contributed by atoms with E-state index in [1.54, 1.807) is 0 Å². The maximum absolute atomic E-state index is 9.56. The van der Waals surface area contributed by atoms with Crippen LogP contribution in [0.1, 0.15) is 71.2 Å². The second kappa shape index (κ2) is 10.9. The number of benzene rings is 5. The summed E-state index contributed by atoms with van der Waals surface area (Å²) in [6, 6.07) is 43.2. The van der Waals surface area contributed by atoms with Gasteiger partial charge in [-0.15, -0.1) is 0 Å². The minimum Gasteiger partial charge on any atom is -0.303 e. The Labute approximate surface area is 267 Å². The lowest BCUT2D eigenvalue weighted by Gasteiger charge is -2.34. The van der Waals surface area contributed by atoms with Crippen LogP contribution in [0.2, 0.25) is 0 Å². The second-order valence-electron chi connectivity index (χ2n) is 13.2. The fourth-order valence-electron chi connectivity index (χ4n) is 7.56. The van der Waals surface area contributed by atoms with E-state index in [4.69, 9.17) is 0 Å². The van der Waals surface area contributed by atoms with Crippen molar-refractivity contribution in [2.24, 2.45) is 0 Å². The first-order chi connectivity index (χ1) is 21.7. The third-order valence-corrected chi connectivity index (χ3v) is 10.3. The van der Waals surface area contributed by atoms with Gasteiger partial charge in [0.1, 0.15) is 0 Å². The van der Waals surface area contributed by atoms with E-state index in [0.29, 0.717) is 5.71 Å². The Balaban J connectivity index is 1.36. The smallest absolute Gasteiger partial charge is 0.0594 e. The highest BCUT2D eigenvalue weighted by atomic mass is 14.5. The third-order valence-electron chi connectivity index (χ3n) is 10.3. The van der Waals surface area contributed by atoms with Crippen molar-refractivity contribution >= 4 is 11.3 Å². The molecule has 5 aromatic rings. The summed E-state index contributed by atoms with van der Waals surface area (Å²) < 4.78 is 0. The molecule has 0 spiro atoms. The lowest BCUT2D eigenvalue weighted by Crippen LogP contribution is -2.34. The van der Waals surface area contributed by atoms with E-state index in [-0.39, 0.29) is 11.3 Å². The average molecular weight is 582 g/mol. The largest absolute Gasteiger partial charge is 0.303 e. The molecule has 7 rings (SSSR count). The van der Waals surface area contributed by atoms with E-state index in [2.05, 4.69) is 137 Å². The van der Waals surface area contributed by atoms with Crippen molar-refractivity contribution in [1.82, 2.24) is 0 Å². The molecule has 0 aromatic heterocycles. The van der Waals surface area contributed by atoms with Crippen molar-refractivity contribution in [3.05, 3.63) is 196 Å². The molecule has 0 heterocycles. The molecule has 0 amide bonds. The molecule has 1 heteroatoms. The highest BCUT2D eigenvalue weighted by Gasteiger charge is 2.38. The Bertz CT molecular complexity index is 2020. The zero-order chi connectivity index (χ0) is 31.3. The summed E-state index contributed by atoms with van der Waals surface area (Å²) in [5.74, 6) is 0.00539. The molecule has 220 valence electrons. The van der Waals surface area contributed by atoms with Gasteiger partial charge in [-0.3, -0.25) is 0 Å². The monoisotopic (exact) mass is 581 g/mol.